The van der Waals surface area contributed by atoms with Gasteiger partial charge < -0.3 is 10.5 Å². The lowest BCUT2D eigenvalue weighted by Crippen LogP contribution is -2.43. The number of hydrogen-bond donors (Lipinski definition) is 1. The van der Waals surface area contributed by atoms with Crippen molar-refractivity contribution in [3.05, 3.63) is 35.9 Å². The van der Waals surface area contributed by atoms with Gasteiger partial charge in [0.15, 0.2) is 0 Å². The van der Waals surface area contributed by atoms with Crippen molar-refractivity contribution in [1.82, 2.24) is 0 Å². The predicted molar refractivity (Wildman–Crippen MR) is 75.8 cm³/mol. The third kappa shape index (κ3) is 3.59. The van der Waals surface area contributed by atoms with Crippen LogP contribution in [-0.4, -0.2) is 19.6 Å². The Kier molecular flexibility index (Phi) is 4.61. The number of rotatable bonds is 7. The molecule has 116 valence electrons. The molecule has 0 aliphatic heterocycles. The summed E-state index contributed by atoms with van der Waals surface area (Å²) >= 11 is 0. The van der Waals surface area contributed by atoms with E-state index in [4.69, 9.17) is 10.5 Å². The van der Waals surface area contributed by atoms with Crippen molar-refractivity contribution in [2.45, 2.75) is 31.6 Å². The molecule has 0 bridgehead atoms. The number of methoxy groups -OCH3 is 1. The minimum atomic E-state index is -3.11. The van der Waals surface area contributed by atoms with Crippen molar-refractivity contribution in [1.29, 1.82) is 0 Å². The SMILES string of the molecule is COC(=O)C(CN)(CC1CC1)CC(F)(F)c1ccccc1. The first-order valence-corrected chi connectivity index (χ1v) is 7.15. The van der Waals surface area contributed by atoms with Crippen LogP contribution in [0.3, 0.4) is 0 Å². The molecule has 2 N–H and O–H groups in total. The first-order valence-electron chi connectivity index (χ1n) is 7.15. The second kappa shape index (κ2) is 6.10. The van der Waals surface area contributed by atoms with Gasteiger partial charge >= 0.3 is 5.97 Å². The largest absolute Gasteiger partial charge is 0.469 e. The molecule has 3 nitrogen and oxygen atoms in total. The summed E-state index contributed by atoms with van der Waals surface area (Å²) in [7, 11) is 1.22. The number of alkyl halides is 2. The van der Waals surface area contributed by atoms with Crippen LogP contribution < -0.4 is 5.73 Å². The van der Waals surface area contributed by atoms with Crippen molar-refractivity contribution < 1.29 is 18.3 Å². The third-order valence-electron chi connectivity index (χ3n) is 4.14. The highest BCUT2D eigenvalue weighted by molar-refractivity contribution is 5.77. The Morgan fingerprint density at radius 2 is 1.95 bits per heavy atom. The van der Waals surface area contributed by atoms with E-state index in [9.17, 15) is 13.6 Å². The van der Waals surface area contributed by atoms with Crippen molar-refractivity contribution >= 4 is 5.97 Å². The average Bonchev–Trinajstić information content (AvgIpc) is 3.30. The van der Waals surface area contributed by atoms with E-state index in [1.165, 1.54) is 19.2 Å². The van der Waals surface area contributed by atoms with Gasteiger partial charge in [-0.2, -0.15) is 0 Å². The van der Waals surface area contributed by atoms with E-state index in [2.05, 4.69) is 0 Å². The number of carbonyl (C=O) groups is 1. The van der Waals surface area contributed by atoms with Gasteiger partial charge in [-0.25, -0.2) is 8.78 Å². The molecule has 1 aromatic carbocycles. The Balaban J connectivity index is 2.26. The quantitative estimate of drug-likeness (QED) is 0.787. The Morgan fingerprint density at radius 3 is 2.43 bits per heavy atom. The van der Waals surface area contributed by atoms with Gasteiger partial charge in [0.2, 0.25) is 0 Å². The number of esters is 1. The molecule has 0 aromatic heterocycles. The zero-order valence-electron chi connectivity index (χ0n) is 12.1. The minimum absolute atomic E-state index is 0.0949. The van der Waals surface area contributed by atoms with Gasteiger partial charge in [0.1, 0.15) is 0 Å². The maximum absolute atomic E-state index is 14.5. The van der Waals surface area contributed by atoms with Crippen LogP contribution in [0.15, 0.2) is 30.3 Å². The van der Waals surface area contributed by atoms with Crippen LogP contribution in [-0.2, 0) is 15.5 Å². The van der Waals surface area contributed by atoms with Crippen LogP contribution in [0.4, 0.5) is 8.78 Å². The van der Waals surface area contributed by atoms with E-state index in [0.29, 0.717) is 12.3 Å². The Hall–Kier alpha value is -1.49. The molecule has 1 unspecified atom stereocenters. The molecule has 1 aliphatic carbocycles. The fraction of sp³-hybridized carbons (Fsp3) is 0.562. The molecule has 0 saturated heterocycles. The standard InChI is InChI=1S/C16H21F2NO2/c1-21-14(20)15(11-19,9-12-7-8-12)10-16(17,18)13-5-3-2-4-6-13/h2-6,12H,7-11,19H2,1H3. The molecular formula is C16H21F2NO2. The molecule has 21 heavy (non-hydrogen) atoms. The molecule has 0 amide bonds. The van der Waals surface area contributed by atoms with Crippen LogP contribution in [0.2, 0.25) is 0 Å². The third-order valence-corrected chi connectivity index (χ3v) is 4.14. The Bertz CT molecular complexity index is 488. The summed E-state index contributed by atoms with van der Waals surface area (Å²) in [6, 6.07) is 7.55. The van der Waals surface area contributed by atoms with Crippen LogP contribution in [0.25, 0.3) is 0 Å². The van der Waals surface area contributed by atoms with Crippen LogP contribution in [0.1, 0.15) is 31.2 Å². The number of hydrogen-bond acceptors (Lipinski definition) is 3. The molecule has 1 fully saturated rings. The lowest BCUT2D eigenvalue weighted by atomic mass is 9.76. The lowest BCUT2D eigenvalue weighted by Gasteiger charge is -2.33. The fourth-order valence-corrected chi connectivity index (χ4v) is 2.77. The normalized spacial score (nSPS) is 18.1. The molecule has 1 saturated carbocycles. The van der Waals surface area contributed by atoms with Gasteiger partial charge in [0.05, 0.1) is 12.5 Å². The van der Waals surface area contributed by atoms with E-state index in [0.717, 1.165) is 12.8 Å². The Morgan fingerprint density at radius 1 is 1.33 bits per heavy atom. The minimum Gasteiger partial charge on any atom is -0.469 e. The summed E-state index contributed by atoms with van der Waals surface area (Å²) in [6.45, 7) is -0.126. The summed E-state index contributed by atoms with van der Waals surface area (Å²) < 4.78 is 33.8. The van der Waals surface area contributed by atoms with Gasteiger partial charge in [0.25, 0.3) is 5.92 Å². The average molecular weight is 297 g/mol. The first kappa shape index (κ1) is 15.9. The van der Waals surface area contributed by atoms with Crippen molar-refractivity contribution in [2.24, 2.45) is 17.1 Å². The molecule has 2 rings (SSSR count). The van der Waals surface area contributed by atoms with Crippen LogP contribution >= 0.6 is 0 Å². The molecule has 0 radical (unpaired) electrons. The van der Waals surface area contributed by atoms with E-state index in [1.807, 2.05) is 0 Å². The summed E-state index contributed by atoms with van der Waals surface area (Å²) in [5.41, 5.74) is 4.31. The maximum Gasteiger partial charge on any atom is 0.313 e. The van der Waals surface area contributed by atoms with Crippen molar-refractivity contribution in [2.75, 3.05) is 13.7 Å². The number of ether oxygens (including phenoxy) is 1. The van der Waals surface area contributed by atoms with Gasteiger partial charge in [-0.1, -0.05) is 43.2 Å². The van der Waals surface area contributed by atoms with E-state index in [1.54, 1.807) is 18.2 Å². The smallest absolute Gasteiger partial charge is 0.313 e. The monoisotopic (exact) mass is 297 g/mol. The molecular weight excluding hydrogens is 276 g/mol. The van der Waals surface area contributed by atoms with E-state index < -0.39 is 23.7 Å². The number of carbonyl (C=O) groups excluding carboxylic acids is 1. The molecule has 1 aliphatic rings. The Labute approximate surface area is 123 Å². The highest BCUT2D eigenvalue weighted by atomic mass is 19.3. The van der Waals surface area contributed by atoms with Gasteiger partial charge in [-0.3, -0.25) is 4.79 Å². The fourth-order valence-electron chi connectivity index (χ4n) is 2.77. The number of benzene rings is 1. The van der Waals surface area contributed by atoms with Crippen LogP contribution in [0.5, 0.6) is 0 Å². The van der Waals surface area contributed by atoms with Gasteiger partial charge in [-0.05, 0) is 12.3 Å². The summed E-state index contributed by atoms with van der Waals surface area (Å²) in [4.78, 5) is 12.1. The molecule has 1 aromatic rings. The van der Waals surface area contributed by atoms with Gasteiger partial charge in [0, 0.05) is 18.5 Å². The van der Waals surface area contributed by atoms with Crippen molar-refractivity contribution in [3.63, 3.8) is 0 Å². The van der Waals surface area contributed by atoms with Crippen LogP contribution in [0, 0.1) is 11.3 Å². The summed E-state index contributed by atoms with van der Waals surface area (Å²) in [6.07, 6.45) is 1.70. The lowest BCUT2D eigenvalue weighted by molar-refractivity contribution is -0.160. The molecule has 0 spiro atoms. The van der Waals surface area contributed by atoms with E-state index >= 15 is 0 Å². The summed E-state index contributed by atoms with van der Waals surface area (Å²) in [5.74, 6) is -3.43. The second-order valence-electron chi connectivity index (χ2n) is 5.87. The number of halogens is 2. The predicted octanol–water partition coefficient (Wildman–Crippen LogP) is 3.09. The second-order valence-corrected chi connectivity index (χ2v) is 5.87. The molecule has 0 heterocycles. The highest BCUT2D eigenvalue weighted by Crippen LogP contribution is 2.48. The topological polar surface area (TPSA) is 52.3 Å². The maximum atomic E-state index is 14.5. The molecule has 1 atom stereocenters. The van der Waals surface area contributed by atoms with Crippen molar-refractivity contribution in [3.8, 4) is 0 Å². The zero-order valence-corrected chi connectivity index (χ0v) is 12.1. The number of nitrogens with two attached hydrogens (primary N) is 1. The highest BCUT2D eigenvalue weighted by Gasteiger charge is 2.50. The first-order chi connectivity index (χ1) is 9.93. The van der Waals surface area contributed by atoms with E-state index in [-0.39, 0.29) is 12.1 Å². The summed E-state index contributed by atoms with van der Waals surface area (Å²) in [5, 5.41) is 0. The zero-order chi connectivity index (χ0) is 15.5. The van der Waals surface area contributed by atoms with Gasteiger partial charge in [-0.15, -0.1) is 0 Å². The molecule has 5 heteroatoms.